The van der Waals surface area contributed by atoms with E-state index >= 15 is 0 Å². The van der Waals surface area contributed by atoms with Crippen LogP contribution < -0.4 is 5.32 Å². The summed E-state index contributed by atoms with van der Waals surface area (Å²) in [6, 6.07) is 0. The number of hydrogen-bond donors (Lipinski definition) is 2. The average molecular weight is 271 g/mol. The maximum atomic E-state index is 11.9. The topological polar surface area (TPSA) is 75.6 Å². The Morgan fingerprint density at radius 1 is 1.26 bits per heavy atom. The van der Waals surface area contributed by atoms with Crippen molar-refractivity contribution in [2.24, 2.45) is 17.8 Å². The molecule has 1 aliphatic heterocycles. The maximum Gasteiger partial charge on any atom is 0.308 e. The monoisotopic (exact) mass is 271 g/mol. The van der Waals surface area contributed by atoms with Crippen LogP contribution in [0.15, 0.2) is 0 Å². The quantitative estimate of drug-likeness (QED) is 0.738. The summed E-state index contributed by atoms with van der Waals surface area (Å²) in [4.78, 5) is 23.2. The Hall–Kier alpha value is -1.10. The van der Waals surface area contributed by atoms with Gasteiger partial charge in [0.2, 0.25) is 5.91 Å². The van der Waals surface area contributed by atoms with Crippen LogP contribution in [0.1, 0.15) is 39.5 Å². The van der Waals surface area contributed by atoms with Gasteiger partial charge in [-0.25, -0.2) is 0 Å². The summed E-state index contributed by atoms with van der Waals surface area (Å²) in [5.41, 5.74) is 0. The van der Waals surface area contributed by atoms with Crippen molar-refractivity contribution in [1.82, 2.24) is 5.32 Å². The van der Waals surface area contributed by atoms with Gasteiger partial charge in [0.15, 0.2) is 0 Å². The molecule has 5 heteroatoms. The molecule has 1 aliphatic rings. The third-order valence-corrected chi connectivity index (χ3v) is 4.00. The molecule has 0 aromatic heterocycles. The average Bonchev–Trinajstić information content (AvgIpc) is 2.41. The van der Waals surface area contributed by atoms with Crippen molar-refractivity contribution in [3.05, 3.63) is 0 Å². The fraction of sp³-hybridized carbons (Fsp3) is 0.857. The molecule has 2 N–H and O–H groups in total. The lowest BCUT2D eigenvalue weighted by Crippen LogP contribution is -2.40. The van der Waals surface area contributed by atoms with Gasteiger partial charge in [-0.05, 0) is 31.6 Å². The highest BCUT2D eigenvalue weighted by molar-refractivity contribution is 5.79. The zero-order chi connectivity index (χ0) is 14.3. The largest absolute Gasteiger partial charge is 0.481 e. The number of carboxylic acids is 1. The number of carbonyl (C=O) groups is 2. The molecular weight excluding hydrogens is 246 g/mol. The SMILES string of the molecule is CCC(CC)C(=O)NCC(C(=O)O)C1CCOCC1. The van der Waals surface area contributed by atoms with E-state index in [0.29, 0.717) is 13.2 Å². The second kappa shape index (κ2) is 8.15. The van der Waals surface area contributed by atoms with Gasteiger partial charge in [-0.15, -0.1) is 0 Å². The van der Waals surface area contributed by atoms with Gasteiger partial charge in [0, 0.05) is 25.7 Å². The van der Waals surface area contributed by atoms with E-state index in [1.807, 2.05) is 13.8 Å². The van der Waals surface area contributed by atoms with E-state index in [0.717, 1.165) is 25.7 Å². The van der Waals surface area contributed by atoms with Crippen molar-refractivity contribution < 1.29 is 19.4 Å². The molecule has 0 radical (unpaired) electrons. The normalized spacial score (nSPS) is 18.3. The van der Waals surface area contributed by atoms with Crippen molar-refractivity contribution in [1.29, 1.82) is 0 Å². The van der Waals surface area contributed by atoms with E-state index in [2.05, 4.69) is 5.32 Å². The molecular formula is C14H25NO4. The summed E-state index contributed by atoms with van der Waals surface area (Å²) >= 11 is 0. The lowest BCUT2D eigenvalue weighted by molar-refractivity contribution is -0.145. The van der Waals surface area contributed by atoms with Crippen molar-refractivity contribution in [2.45, 2.75) is 39.5 Å². The number of rotatable bonds is 7. The number of carbonyl (C=O) groups excluding carboxylic acids is 1. The molecule has 1 amide bonds. The Labute approximate surface area is 114 Å². The summed E-state index contributed by atoms with van der Waals surface area (Å²) in [6.07, 6.45) is 3.10. The predicted molar refractivity (Wildman–Crippen MR) is 71.8 cm³/mol. The second-order valence-corrected chi connectivity index (χ2v) is 5.15. The number of nitrogens with one attached hydrogen (secondary N) is 1. The van der Waals surface area contributed by atoms with Crippen LogP contribution in [0.2, 0.25) is 0 Å². The lowest BCUT2D eigenvalue weighted by atomic mass is 9.86. The highest BCUT2D eigenvalue weighted by Crippen LogP contribution is 2.24. The first-order valence-corrected chi connectivity index (χ1v) is 7.18. The van der Waals surface area contributed by atoms with Gasteiger partial charge in [-0.3, -0.25) is 9.59 Å². The van der Waals surface area contributed by atoms with E-state index in [1.54, 1.807) is 0 Å². The van der Waals surface area contributed by atoms with Gasteiger partial charge < -0.3 is 15.2 Å². The Kier molecular flexibility index (Phi) is 6.84. The minimum absolute atomic E-state index is 0.0101. The van der Waals surface area contributed by atoms with E-state index in [4.69, 9.17) is 4.74 Å². The van der Waals surface area contributed by atoms with Gasteiger partial charge in [-0.1, -0.05) is 13.8 Å². The van der Waals surface area contributed by atoms with Gasteiger partial charge in [0.1, 0.15) is 0 Å². The van der Waals surface area contributed by atoms with Crippen LogP contribution in [0.5, 0.6) is 0 Å². The first kappa shape index (κ1) is 16.0. The highest BCUT2D eigenvalue weighted by atomic mass is 16.5. The zero-order valence-corrected chi connectivity index (χ0v) is 11.9. The molecule has 5 nitrogen and oxygen atoms in total. The summed E-state index contributed by atoms with van der Waals surface area (Å²) in [5, 5.41) is 12.1. The van der Waals surface area contributed by atoms with E-state index < -0.39 is 11.9 Å². The van der Waals surface area contributed by atoms with Crippen LogP contribution >= 0.6 is 0 Å². The fourth-order valence-electron chi connectivity index (χ4n) is 2.59. The number of ether oxygens (including phenoxy) is 1. The number of amides is 1. The Bertz CT molecular complexity index is 296. The second-order valence-electron chi connectivity index (χ2n) is 5.15. The lowest BCUT2D eigenvalue weighted by Gasteiger charge is -2.28. The Morgan fingerprint density at radius 3 is 2.32 bits per heavy atom. The van der Waals surface area contributed by atoms with Gasteiger partial charge in [0.05, 0.1) is 5.92 Å². The number of hydrogen-bond acceptors (Lipinski definition) is 3. The molecule has 0 spiro atoms. The van der Waals surface area contributed by atoms with E-state index in [1.165, 1.54) is 0 Å². The number of aliphatic carboxylic acids is 1. The van der Waals surface area contributed by atoms with Crippen LogP contribution in [0.3, 0.4) is 0 Å². The molecule has 19 heavy (non-hydrogen) atoms. The molecule has 1 atom stereocenters. The Balaban J connectivity index is 2.49. The maximum absolute atomic E-state index is 11.9. The highest BCUT2D eigenvalue weighted by Gasteiger charge is 2.30. The van der Waals surface area contributed by atoms with E-state index in [9.17, 15) is 14.7 Å². The molecule has 1 saturated heterocycles. The van der Waals surface area contributed by atoms with Gasteiger partial charge in [-0.2, -0.15) is 0 Å². The van der Waals surface area contributed by atoms with Crippen LogP contribution in [0.25, 0.3) is 0 Å². The third-order valence-electron chi connectivity index (χ3n) is 4.00. The summed E-state index contributed by atoms with van der Waals surface area (Å²) in [7, 11) is 0. The van der Waals surface area contributed by atoms with Gasteiger partial charge in [0.25, 0.3) is 0 Å². The first-order valence-electron chi connectivity index (χ1n) is 7.18. The molecule has 1 unspecified atom stereocenters. The predicted octanol–water partition coefficient (Wildman–Crippen LogP) is 1.67. The first-order chi connectivity index (χ1) is 9.10. The molecule has 0 bridgehead atoms. The van der Waals surface area contributed by atoms with Crippen molar-refractivity contribution in [3.8, 4) is 0 Å². The smallest absolute Gasteiger partial charge is 0.308 e. The minimum atomic E-state index is -0.822. The van der Waals surface area contributed by atoms with Crippen LogP contribution in [0.4, 0.5) is 0 Å². The fourth-order valence-corrected chi connectivity index (χ4v) is 2.59. The van der Waals surface area contributed by atoms with Crippen molar-refractivity contribution in [3.63, 3.8) is 0 Å². The molecule has 0 aliphatic carbocycles. The summed E-state index contributed by atoms with van der Waals surface area (Å²) < 4.78 is 5.25. The van der Waals surface area contributed by atoms with Gasteiger partial charge >= 0.3 is 5.97 Å². The molecule has 0 aromatic rings. The summed E-state index contributed by atoms with van der Waals surface area (Å²) in [5.74, 6) is -1.25. The van der Waals surface area contributed by atoms with Crippen LogP contribution in [0, 0.1) is 17.8 Å². The van der Waals surface area contributed by atoms with Crippen molar-refractivity contribution >= 4 is 11.9 Å². The Morgan fingerprint density at radius 2 is 1.84 bits per heavy atom. The number of carboxylic acid groups (broad SMARTS) is 1. The molecule has 0 saturated carbocycles. The molecule has 0 aromatic carbocycles. The van der Waals surface area contributed by atoms with E-state index in [-0.39, 0.29) is 24.3 Å². The molecule has 1 heterocycles. The molecule has 110 valence electrons. The minimum Gasteiger partial charge on any atom is -0.481 e. The molecule has 1 fully saturated rings. The van der Waals surface area contributed by atoms with Crippen LogP contribution in [-0.4, -0.2) is 36.7 Å². The molecule has 1 rings (SSSR count). The summed E-state index contributed by atoms with van der Waals surface area (Å²) in [6.45, 7) is 5.42. The standard InChI is InChI=1S/C14H25NO4/c1-3-10(4-2)13(16)15-9-12(14(17)18)11-5-7-19-8-6-11/h10-12H,3-9H2,1-2H3,(H,15,16)(H,17,18). The van der Waals surface area contributed by atoms with Crippen LogP contribution in [-0.2, 0) is 14.3 Å². The van der Waals surface area contributed by atoms with Crippen molar-refractivity contribution in [2.75, 3.05) is 19.8 Å². The zero-order valence-electron chi connectivity index (χ0n) is 11.9. The third kappa shape index (κ3) is 4.82.